The van der Waals surface area contributed by atoms with E-state index in [0.717, 1.165) is 16.3 Å². The Morgan fingerprint density at radius 2 is 1.93 bits per heavy atom. The lowest BCUT2D eigenvalue weighted by Crippen LogP contribution is -2.18. The van der Waals surface area contributed by atoms with Gasteiger partial charge >= 0.3 is 0 Å². The van der Waals surface area contributed by atoms with Gasteiger partial charge in [-0.3, -0.25) is 4.79 Å². The number of hydrogen-bond donors (Lipinski definition) is 0. The number of fused-ring (bicyclic) bond motifs is 1. The molecular weight excluding hydrogens is 188 g/mol. The zero-order valence-corrected chi connectivity index (χ0v) is 9.61. The largest absolute Gasteiger partial charge is 0.274 e. The van der Waals surface area contributed by atoms with Crippen molar-refractivity contribution in [2.45, 2.75) is 20.8 Å². The molecule has 1 heterocycles. The van der Waals surface area contributed by atoms with Gasteiger partial charge in [-0.1, -0.05) is 25.5 Å². The summed E-state index contributed by atoms with van der Waals surface area (Å²) >= 11 is 0. The first kappa shape index (κ1) is 11.4. The summed E-state index contributed by atoms with van der Waals surface area (Å²) in [4.78, 5) is 11.5. The van der Waals surface area contributed by atoms with E-state index in [2.05, 4.69) is 5.10 Å². The van der Waals surface area contributed by atoms with E-state index in [1.165, 1.54) is 4.68 Å². The molecule has 0 aliphatic heterocycles. The third kappa shape index (κ3) is 2.24. The minimum absolute atomic E-state index is 0.0440. The van der Waals surface area contributed by atoms with E-state index in [1.807, 2.05) is 39.0 Å². The van der Waals surface area contributed by atoms with Gasteiger partial charge in [-0.25, -0.2) is 4.68 Å². The van der Waals surface area contributed by atoms with Gasteiger partial charge in [-0.05, 0) is 19.1 Å². The Bertz CT molecular complexity index is 515. The minimum Gasteiger partial charge on any atom is -0.267 e. The Labute approximate surface area is 89.4 Å². The van der Waals surface area contributed by atoms with Crippen LogP contribution in [0.1, 0.15) is 19.4 Å². The summed E-state index contributed by atoms with van der Waals surface area (Å²) in [6.45, 7) is 6.00. The Morgan fingerprint density at radius 3 is 2.60 bits per heavy atom. The van der Waals surface area contributed by atoms with Crippen molar-refractivity contribution in [3.63, 3.8) is 0 Å². The number of hydrogen-bond acceptors (Lipinski definition) is 2. The summed E-state index contributed by atoms with van der Waals surface area (Å²) in [6, 6.07) is 5.74. The van der Waals surface area contributed by atoms with Gasteiger partial charge in [0.15, 0.2) is 0 Å². The van der Waals surface area contributed by atoms with Crippen LogP contribution in [0.5, 0.6) is 0 Å². The van der Waals surface area contributed by atoms with Crippen molar-refractivity contribution in [1.29, 1.82) is 0 Å². The van der Waals surface area contributed by atoms with Gasteiger partial charge in [0.05, 0.1) is 11.6 Å². The van der Waals surface area contributed by atoms with Crippen LogP contribution < -0.4 is 5.56 Å². The molecular formula is C12H16N2O. The van der Waals surface area contributed by atoms with Gasteiger partial charge < -0.3 is 0 Å². The minimum atomic E-state index is -0.0440. The first-order chi connectivity index (χ1) is 7.18. The maximum Gasteiger partial charge on any atom is 0.274 e. The Morgan fingerprint density at radius 1 is 1.27 bits per heavy atom. The first-order valence-corrected chi connectivity index (χ1v) is 5.11. The Hall–Kier alpha value is -1.64. The average molecular weight is 204 g/mol. The van der Waals surface area contributed by atoms with Crippen LogP contribution in [0.2, 0.25) is 0 Å². The summed E-state index contributed by atoms with van der Waals surface area (Å²) < 4.78 is 1.34. The van der Waals surface area contributed by atoms with E-state index < -0.39 is 0 Å². The molecule has 0 saturated heterocycles. The molecule has 0 N–H and O–H groups in total. The molecule has 0 amide bonds. The lowest BCUT2D eigenvalue weighted by molar-refractivity contribution is 0.718. The highest BCUT2D eigenvalue weighted by molar-refractivity contribution is 5.81. The fourth-order valence-electron chi connectivity index (χ4n) is 1.36. The second-order valence-electron chi connectivity index (χ2n) is 3.16. The van der Waals surface area contributed by atoms with Crippen molar-refractivity contribution >= 4 is 10.8 Å². The zero-order valence-electron chi connectivity index (χ0n) is 9.61. The molecule has 80 valence electrons. The summed E-state index contributed by atoms with van der Waals surface area (Å²) in [5, 5.41) is 5.58. The van der Waals surface area contributed by atoms with Gasteiger partial charge in [-0.15, -0.1) is 0 Å². The van der Waals surface area contributed by atoms with Crippen molar-refractivity contribution in [2.75, 3.05) is 0 Å². The standard InChI is InChI=1S/C10H10N2O.C2H6/c1-7-3-4-9-8(5-7)6-11-12(2)10(9)13;1-2/h3-6H,1-2H3;1-2H3. The van der Waals surface area contributed by atoms with Gasteiger partial charge in [0, 0.05) is 12.4 Å². The predicted molar refractivity (Wildman–Crippen MR) is 63.1 cm³/mol. The molecule has 0 atom stereocenters. The van der Waals surface area contributed by atoms with Crippen molar-refractivity contribution in [3.05, 3.63) is 40.3 Å². The molecule has 0 spiro atoms. The number of benzene rings is 1. The molecule has 2 aromatic rings. The van der Waals surface area contributed by atoms with Crippen LogP contribution in [0.4, 0.5) is 0 Å². The average Bonchev–Trinajstić information content (AvgIpc) is 2.26. The van der Waals surface area contributed by atoms with Crippen LogP contribution in [0.3, 0.4) is 0 Å². The van der Waals surface area contributed by atoms with E-state index in [9.17, 15) is 4.79 Å². The monoisotopic (exact) mass is 204 g/mol. The van der Waals surface area contributed by atoms with Gasteiger partial charge in [0.25, 0.3) is 5.56 Å². The SMILES string of the molecule is CC.Cc1ccc2c(=O)n(C)ncc2c1. The number of nitrogens with zero attached hydrogens (tertiary/aromatic N) is 2. The molecule has 15 heavy (non-hydrogen) atoms. The third-order valence-corrected chi connectivity index (χ3v) is 2.10. The summed E-state index contributed by atoms with van der Waals surface area (Å²) in [5.74, 6) is 0. The van der Waals surface area contributed by atoms with Gasteiger partial charge in [-0.2, -0.15) is 5.10 Å². The van der Waals surface area contributed by atoms with Crippen molar-refractivity contribution < 1.29 is 0 Å². The fourth-order valence-corrected chi connectivity index (χ4v) is 1.36. The van der Waals surface area contributed by atoms with Crippen LogP contribution in [-0.4, -0.2) is 9.78 Å². The van der Waals surface area contributed by atoms with Gasteiger partial charge in [0.1, 0.15) is 0 Å². The molecule has 3 nitrogen and oxygen atoms in total. The molecule has 3 heteroatoms. The van der Waals surface area contributed by atoms with E-state index in [4.69, 9.17) is 0 Å². The van der Waals surface area contributed by atoms with Crippen LogP contribution >= 0.6 is 0 Å². The van der Waals surface area contributed by atoms with E-state index in [1.54, 1.807) is 13.2 Å². The Balaban J connectivity index is 0.000000531. The van der Waals surface area contributed by atoms with Gasteiger partial charge in [0.2, 0.25) is 0 Å². The smallest absolute Gasteiger partial charge is 0.267 e. The molecule has 0 aliphatic carbocycles. The van der Waals surface area contributed by atoms with E-state index >= 15 is 0 Å². The molecule has 1 aromatic carbocycles. The molecule has 0 saturated carbocycles. The topological polar surface area (TPSA) is 34.9 Å². The third-order valence-electron chi connectivity index (χ3n) is 2.10. The summed E-state index contributed by atoms with van der Waals surface area (Å²) in [6.07, 6.45) is 1.71. The van der Waals surface area contributed by atoms with Crippen LogP contribution in [0.25, 0.3) is 10.8 Å². The van der Waals surface area contributed by atoms with Crippen LogP contribution in [0, 0.1) is 6.92 Å². The number of aromatic nitrogens is 2. The summed E-state index contributed by atoms with van der Waals surface area (Å²) in [7, 11) is 1.65. The van der Waals surface area contributed by atoms with E-state index in [0.29, 0.717) is 0 Å². The molecule has 0 aliphatic rings. The fraction of sp³-hybridized carbons (Fsp3) is 0.333. The lowest BCUT2D eigenvalue weighted by atomic mass is 10.1. The molecule has 0 bridgehead atoms. The molecule has 0 fully saturated rings. The van der Waals surface area contributed by atoms with Crippen molar-refractivity contribution in [2.24, 2.45) is 7.05 Å². The lowest BCUT2D eigenvalue weighted by Gasteiger charge is -2.00. The van der Waals surface area contributed by atoms with Crippen LogP contribution in [-0.2, 0) is 7.05 Å². The molecule has 0 unspecified atom stereocenters. The second-order valence-corrected chi connectivity index (χ2v) is 3.16. The first-order valence-electron chi connectivity index (χ1n) is 5.11. The van der Waals surface area contributed by atoms with Crippen LogP contribution in [0.15, 0.2) is 29.2 Å². The van der Waals surface area contributed by atoms with Crippen molar-refractivity contribution in [3.8, 4) is 0 Å². The highest BCUT2D eigenvalue weighted by atomic mass is 16.1. The number of aryl methyl sites for hydroxylation is 2. The maximum absolute atomic E-state index is 11.5. The summed E-state index contributed by atoms with van der Waals surface area (Å²) in [5.41, 5.74) is 1.10. The predicted octanol–water partition coefficient (Wildman–Crippen LogP) is 2.27. The normalized spacial score (nSPS) is 9.60. The highest BCUT2D eigenvalue weighted by Gasteiger charge is 1.99. The number of rotatable bonds is 0. The molecule has 0 radical (unpaired) electrons. The second kappa shape index (κ2) is 4.73. The molecule has 2 rings (SSSR count). The molecule has 1 aromatic heterocycles. The van der Waals surface area contributed by atoms with Crippen molar-refractivity contribution in [1.82, 2.24) is 9.78 Å². The zero-order chi connectivity index (χ0) is 11.4. The quantitative estimate of drug-likeness (QED) is 0.659. The highest BCUT2D eigenvalue weighted by Crippen LogP contribution is 2.09. The maximum atomic E-state index is 11.5. The van der Waals surface area contributed by atoms with E-state index in [-0.39, 0.29) is 5.56 Å². The Kier molecular flexibility index (Phi) is 3.61.